The summed E-state index contributed by atoms with van der Waals surface area (Å²) in [5, 5.41) is 3.65. The van der Waals surface area contributed by atoms with Crippen molar-refractivity contribution in [3.8, 4) is 5.75 Å². The Morgan fingerprint density at radius 3 is 2.57 bits per heavy atom. The summed E-state index contributed by atoms with van der Waals surface area (Å²) in [6.07, 6.45) is 1.77. The van der Waals surface area contributed by atoms with Gasteiger partial charge in [-0.15, -0.1) is 11.3 Å². The molecule has 28 heavy (non-hydrogen) atoms. The second kappa shape index (κ2) is 7.82. The molecule has 0 aliphatic carbocycles. The van der Waals surface area contributed by atoms with Gasteiger partial charge in [-0.1, -0.05) is 48.5 Å². The lowest BCUT2D eigenvalue weighted by atomic mass is 10.0. The lowest BCUT2D eigenvalue weighted by Crippen LogP contribution is -2.04. The van der Waals surface area contributed by atoms with E-state index in [4.69, 9.17) is 9.47 Å². The third-order valence-corrected chi connectivity index (χ3v) is 5.60. The van der Waals surface area contributed by atoms with E-state index in [0.29, 0.717) is 17.2 Å². The van der Waals surface area contributed by atoms with Crippen molar-refractivity contribution in [2.45, 2.75) is 6.92 Å². The average Bonchev–Trinajstić information content (AvgIpc) is 3.10. The molecule has 0 radical (unpaired) electrons. The smallest absolute Gasteiger partial charge is 0.341 e. The zero-order valence-corrected chi connectivity index (χ0v) is 16.5. The van der Waals surface area contributed by atoms with E-state index >= 15 is 0 Å². The van der Waals surface area contributed by atoms with E-state index in [9.17, 15) is 4.79 Å². The van der Waals surface area contributed by atoms with E-state index in [1.54, 1.807) is 20.2 Å². The highest BCUT2D eigenvalue weighted by molar-refractivity contribution is 7.23. The van der Waals surface area contributed by atoms with E-state index < -0.39 is 0 Å². The van der Waals surface area contributed by atoms with Crippen molar-refractivity contribution < 1.29 is 14.3 Å². The van der Waals surface area contributed by atoms with Gasteiger partial charge < -0.3 is 9.47 Å². The van der Waals surface area contributed by atoms with Crippen molar-refractivity contribution in [3.05, 3.63) is 71.8 Å². The fourth-order valence-electron chi connectivity index (χ4n) is 3.23. The first kappa shape index (κ1) is 18.2. The Morgan fingerprint density at radius 2 is 1.79 bits per heavy atom. The molecule has 0 bridgehead atoms. The van der Waals surface area contributed by atoms with Gasteiger partial charge in [-0.2, -0.15) is 0 Å². The van der Waals surface area contributed by atoms with Gasteiger partial charge in [0.2, 0.25) is 0 Å². The van der Waals surface area contributed by atoms with E-state index in [1.807, 2.05) is 54.6 Å². The molecule has 1 aromatic heterocycles. The second-order valence-corrected chi connectivity index (χ2v) is 7.19. The number of carbonyl (C=O) groups is 1. The molecule has 0 amide bonds. The standard InChI is InChI=1S/C23H19NO3S/c1-3-27-23(25)21-17-10-6-7-11-20(17)28-22(21)24-14-18-16-9-5-4-8-15(16)12-13-19(18)26-2/h4-14H,3H2,1-2H3. The molecule has 4 nitrogen and oxygen atoms in total. The zero-order chi connectivity index (χ0) is 19.5. The lowest BCUT2D eigenvalue weighted by molar-refractivity contribution is 0.0530. The molecule has 3 aromatic carbocycles. The van der Waals surface area contributed by atoms with Crippen LogP contribution in [0.3, 0.4) is 0 Å². The number of benzene rings is 3. The first-order valence-corrected chi connectivity index (χ1v) is 9.83. The van der Waals surface area contributed by atoms with Gasteiger partial charge in [0, 0.05) is 21.9 Å². The van der Waals surface area contributed by atoms with Gasteiger partial charge >= 0.3 is 5.97 Å². The molecule has 0 saturated heterocycles. The van der Waals surface area contributed by atoms with E-state index in [1.165, 1.54) is 11.3 Å². The topological polar surface area (TPSA) is 47.9 Å². The molecule has 4 aromatic rings. The Labute approximate surface area is 167 Å². The van der Waals surface area contributed by atoms with E-state index in [2.05, 4.69) is 11.1 Å². The summed E-state index contributed by atoms with van der Waals surface area (Å²) >= 11 is 1.48. The van der Waals surface area contributed by atoms with Crippen LogP contribution in [0.1, 0.15) is 22.8 Å². The molecule has 0 aliphatic rings. The van der Waals surface area contributed by atoms with Crippen molar-refractivity contribution in [2.24, 2.45) is 4.99 Å². The minimum absolute atomic E-state index is 0.323. The number of rotatable bonds is 5. The maximum absolute atomic E-state index is 12.6. The fraction of sp³-hybridized carbons (Fsp3) is 0.130. The third-order valence-electron chi connectivity index (χ3n) is 4.52. The number of thiophene rings is 1. The quantitative estimate of drug-likeness (QED) is 0.311. The molecule has 0 aliphatic heterocycles. The van der Waals surface area contributed by atoms with E-state index in [-0.39, 0.29) is 5.97 Å². The molecule has 1 heterocycles. The zero-order valence-electron chi connectivity index (χ0n) is 15.6. The van der Waals surface area contributed by atoms with Crippen LogP contribution in [-0.2, 0) is 4.74 Å². The lowest BCUT2D eigenvalue weighted by Gasteiger charge is -2.08. The van der Waals surface area contributed by atoms with Crippen LogP contribution in [0, 0.1) is 0 Å². The van der Waals surface area contributed by atoms with Gasteiger partial charge in [-0.05, 0) is 29.8 Å². The Balaban J connectivity index is 1.87. The van der Waals surface area contributed by atoms with Crippen molar-refractivity contribution >= 4 is 49.4 Å². The largest absolute Gasteiger partial charge is 0.496 e. The molecule has 0 atom stereocenters. The van der Waals surface area contributed by atoms with Crippen molar-refractivity contribution in [1.29, 1.82) is 0 Å². The highest BCUT2D eigenvalue weighted by Gasteiger charge is 2.19. The van der Waals surface area contributed by atoms with Gasteiger partial charge in [0.25, 0.3) is 0 Å². The van der Waals surface area contributed by atoms with Gasteiger partial charge in [0.1, 0.15) is 16.3 Å². The number of nitrogens with zero attached hydrogens (tertiary/aromatic N) is 1. The maximum Gasteiger partial charge on any atom is 0.341 e. The van der Waals surface area contributed by atoms with Crippen LogP contribution in [0.2, 0.25) is 0 Å². The number of fused-ring (bicyclic) bond motifs is 2. The summed E-state index contributed by atoms with van der Waals surface area (Å²) in [6.45, 7) is 2.12. The monoisotopic (exact) mass is 389 g/mol. The third kappa shape index (κ3) is 3.25. The Bertz CT molecular complexity index is 1190. The predicted molar refractivity (Wildman–Crippen MR) is 116 cm³/mol. The van der Waals surface area contributed by atoms with Crippen LogP contribution in [0.5, 0.6) is 5.75 Å². The van der Waals surface area contributed by atoms with Crippen molar-refractivity contribution in [1.82, 2.24) is 0 Å². The molecule has 0 spiro atoms. The number of esters is 1. The van der Waals surface area contributed by atoms with Gasteiger partial charge in [-0.3, -0.25) is 0 Å². The predicted octanol–water partition coefficient (Wildman–Crippen LogP) is 5.99. The van der Waals surface area contributed by atoms with Crippen LogP contribution in [0.15, 0.2) is 65.7 Å². The molecule has 4 rings (SSSR count). The van der Waals surface area contributed by atoms with Gasteiger partial charge in [-0.25, -0.2) is 9.79 Å². The molecule has 0 unspecified atom stereocenters. The summed E-state index contributed by atoms with van der Waals surface area (Å²) in [4.78, 5) is 17.3. The Hall–Kier alpha value is -3.18. The summed E-state index contributed by atoms with van der Waals surface area (Å²) in [5.74, 6) is 0.387. The average molecular weight is 389 g/mol. The SMILES string of the molecule is CCOC(=O)c1c(N=Cc2c(OC)ccc3ccccc23)sc2ccccc12. The summed E-state index contributed by atoms with van der Waals surface area (Å²) in [6, 6.07) is 19.8. The van der Waals surface area contributed by atoms with Crippen LogP contribution < -0.4 is 4.74 Å². The summed E-state index contributed by atoms with van der Waals surface area (Å²) in [5.41, 5.74) is 1.39. The number of aliphatic imine (C=N–C) groups is 1. The van der Waals surface area contributed by atoms with Crippen molar-refractivity contribution in [2.75, 3.05) is 13.7 Å². The summed E-state index contributed by atoms with van der Waals surface area (Å²) < 4.78 is 11.8. The fourth-order valence-corrected chi connectivity index (χ4v) is 4.27. The minimum atomic E-state index is -0.350. The molecular formula is C23H19NO3S. The van der Waals surface area contributed by atoms with Crippen LogP contribution >= 0.6 is 11.3 Å². The number of methoxy groups -OCH3 is 1. The number of hydrogen-bond acceptors (Lipinski definition) is 5. The van der Waals surface area contributed by atoms with Crippen LogP contribution in [0.25, 0.3) is 20.9 Å². The van der Waals surface area contributed by atoms with Crippen LogP contribution in [0.4, 0.5) is 5.00 Å². The molecular weight excluding hydrogens is 370 g/mol. The molecule has 0 fully saturated rings. The number of hydrogen-bond donors (Lipinski definition) is 0. The molecule has 140 valence electrons. The van der Waals surface area contributed by atoms with E-state index in [0.717, 1.165) is 32.2 Å². The first-order valence-electron chi connectivity index (χ1n) is 9.01. The van der Waals surface area contributed by atoms with Crippen LogP contribution in [-0.4, -0.2) is 25.9 Å². The Morgan fingerprint density at radius 1 is 1.04 bits per heavy atom. The second-order valence-electron chi connectivity index (χ2n) is 6.16. The highest BCUT2D eigenvalue weighted by Crippen LogP contribution is 2.38. The van der Waals surface area contributed by atoms with Crippen molar-refractivity contribution in [3.63, 3.8) is 0 Å². The van der Waals surface area contributed by atoms with Gasteiger partial charge in [0.05, 0.1) is 13.7 Å². The minimum Gasteiger partial charge on any atom is -0.496 e. The molecule has 0 N–H and O–H groups in total. The van der Waals surface area contributed by atoms with Gasteiger partial charge in [0.15, 0.2) is 0 Å². The summed E-state index contributed by atoms with van der Waals surface area (Å²) in [7, 11) is 1.64. The maximum atomic E-state index is 12.6. The normalized spacial score (nSPS) is 11.4. The molecule has 0 saturated carbocycles. The Kier molecular flexibility index (Phi) is 5.08. The number of ether oxygens (including phenoxy) is 2. The number of carbonyl (C=O) groups excluding carboxylic acids is 1. The first-order chi connectivity index (χ1) is 13.7. The molecule has 5 heteroatoms. The highest BCUT2D eigenvalue weighted by atomic mass is 32.1.